The van der Waals surface area contributed by atoms with Crippen molar-refractivity contribution in [2.75, 3.05) is 13.8 Å². The molecule has 0 aliphatic carbocycles. The van der Waals surface area contributed by atoms with Gasteiger partial charge in [0.2, 0.25) is 0 Å². The van der Waals surface area contributed by atoms with Crippen molar-refractivity contribution in [2.24, 2.45) is 10.7 Å². The van der Waals surface area contributed by atoms with E-state index in [0.717, 1.165) is 17.5 Å². The number of hydroxylamine groups is 1. The lowest BCUT2D eigenvalue weighted by Crippen LogP contribution is -2.25. The van der Waals surface area contributed by atoms with Gasteiger partial charge in [-0.25, -0.2) is 10.5 Å². The number of amidine groups is 1. The maximum absolute atomic E-state index is 13.7. The summed E-state index contributed by atoms with van der Waals surface area (Å²) in [4.78, 5) is 37.8. The smallest absolute Gasteiger partial charge is 0.320 e. The molecular formula is C30H31N5O5. The Morgan fingerprint density at radius 3 is 2.60 bits per heavy atom. The molecule has 0 unspecified atom stereocenters. The van der Waals surface area contributed by atoms with Crippen molar-refractivity contribution >= 4 is 12.3 Å². The van der Waals surface area contributed by atoms with E-state index < -0.39 is 0 Å². The highest BCUT2D eigenvalue weighted by Gasteiger charge is 2.17. The molecule has 0 aliphatic heterocycles. The Morgan fingerprint density at radius 1 is 1.15 bits per heavy atom. The van der Waals surface area contributed by atoms with E-state index in [4.69, 9.17) is 10.5 Å². The third kappa shape index (κ3) is 6.19. The number of phenolic OH excluding ortho intramolecular Hbond substituents is 1. The van der Waals surface area contributed by atoms with Gasteiger partial charge in [-0.1, -0.05) is 49.7 Å². The molecule has 0 fully saturated rings. The van der Waals surface area contributed by atoms with Crippen LogP contribution in [0, 0.1) is 0 Å². The number of benzene rings is 3. The summed E-state index contributed by atoms with van der Waals surface area (Å²) in [6, 6.07) is 19.7. The minimum absolute atomic E-state index is 0.0416. The van der Waals surface area contributed by atoms with Crippen molar-refractivity contribution in [3.05, 3.63) is 106 Å². The number of aryl methyl sites for hydroxylation is 1. The quantitative estimate of drug-likeness (QED) is 0.0862. The second-order valence-electron chi connectivity index (χ2n) is 8.85. The fraction of sp³-hybridized carbons (Fsp3) is 0.200. The summed E-state index contributed by atoms with van der Waals surface area (Å²) in [5.41, 5.74) is 12.4. The van der Waals surface area contributed by atoms with Crippen LogP contribution in [0.4, 0.5) is 0 Å². The van der Waals surface area contributed by atoms with Crippen molar-refractivity contribution in [3.63, 3.8) is 0 Å². The number of phenols is 1. The van der Waals surface area contributed by atoms with Gasteiger partial charge < -0.3 is 14.7 Å². The average Bonchev–Trinajstić information content (AvgIpc) is 2.97. The van der Waals surface area contributed by atoms with E-state index in [1.54, 1.807) is 43.4 Å². The molecule has 0 saturated carbocycles. The summed E-state index contributed by atoms with van der Waals surface area (Å²) in [6.45, 7) is 2.36. The standard InChI is InChI=1S/C30H31N5O5/c1-3-6-27-26(30(38)35(18-33-27)22-11-13-23(14-12-22)39-17-31)15-21-10-9-20(16-28(21)37)24-7-4-5-8-25(24)29(32-2)34-40-19-36/h4-5,7-14,16,18-19,37H,3,6,15,17,31H2,1-2H3,(H,32,34). The topological polar surface area (TPSA) is 141 Å². The molecule has 40 heavy (non-hydrogen) atoms. The van der Waals surface area contributed by atoms with Crippen LogP contribution in [0.2, 0.25) is 0 Å². The summed E-state index contributed by atoms with van der Waals surface area (Å²) in [5, 5.41) is 11.1. The number of nitrogens with one attached hydrogen (secondary N) is 1. The van der Waals surface area contributed by atoms with E-state index in [-0.39, 0.29) is 30.9 Å². The predicted molar refractivity (Wildman–Crippen MR) is 153 cm³/mol. The Labute approximate surface area is 231 Å². The molecular weight excluding hydrogens is 510 g/mol. The van der Waals surface area contributed by atoms with E-state index in [9.17, 15) is 14.7 Å². The second-order valence-corrected chi connectivity index (χ2v) is 8.85. The van der Waals surface area contributed by atoms with Gasteiger partial charge in [0.1, 0.15) is 24.6 Å². The van der Waals surface area contributed by atoms with Crippen molar-refractivity contribution < 1.29 is 19.5 Å². The number of hydrogen-bond donors (Lipinski definition) is 3. The molecule has 0 atom stereocenters. The predicted octanol–water partition coefficient (Wildman–Crippen LogP) is 3.50. The maximum atomic E-state index is 13.7. The van der Waals surface area contributed by atoms with Crippen LogP contribution >= 0.6 is 0 Å². The zero-order valence-corrected chi connectivity index (χ0v) is 22.3. The molecule has 10 nitrogen and oxygen atoms in total. The van der Waals surface area contributed by atoms with Crippen LogP contribution in [0.15, 0.2) is 82.8 Å². The molecule has 206 valence electrons. The summed E-state index contributed by atoms with van der Waals surface area (Å²) in [7, 11) is 1.57. The van der Waals surface area contributed by atoms with Crippen LogP contribution in [-0.4, -0.2) is 40.7 Å². The third-order valence-corrected chi connectivity index (χ3v) is 6.38. The molecule has 1 aromatic heterocycles. The number of hydrogen-bond acceptors (Lipinski definition) is 8. The Morgan fingerprint density at radius 2 is 1.93 bits per heavy atom. The first-order chi connectivity index (χ1) is 19.5. The van der Waals surface area contributed by atoms with Crippen molar-refractivity contribution in [3.8, 4) is 28.3 Å². The summed E-state index contributed by atoms with van der Waals surface area (Å²) in [5.74, 6) is 1.000. The molecule has 0 amide bonds. The zero-order valence-electron chi connectivity index (χ0n) is 22.3. The number of aromatic hydroxyl groups is 1. The second kappa shape index (κ2) is 13.2. The molecule has 0 radical (unpaired) electrons. The van der Waals surface area contributed by atoms with Crippen molar-refractivity contribution in [2.45, 2.75) is 26.2 Å². The number of rotatable bonds is 11. The monoisotopic (exact) mass is 541 g/mol. The minimum Gasteiger partial charge on any atom is -0.508 e. The molecule has 0 spiro atoms. The SMILES string of the molecule is CCCc1ncn(-c2ccc(OCN)cc2)c(=O)c1Cc1ccc(-c2ccccc2C(=NC)NOC=O)cc1O. The molecule has 4 rings (SSSR count). The summed E-state index contributed by atoms with van der Waals surface area (Å²) < 4.78 is 6.78. The number of nitrogens with two attached hydrogens (primary N) is 1. The molecule has 0 aliphatic rings. The van der Waals surface area contributed by atoms with Gasteiger partial charge in [-0.3, -0.25) is 24.9 Å². The number of ether oxygens (including phenoxy) is 1. The lowest BCUT2D eigenvalue weighted by atomic mass is 9.95. The van der Waals surface area contributed by atoms with E-state index in [1.807, 2.05) is 37.3 Å². The summed E-state index contributed by atoms with van der Waals surface area (Å²) in [6.07, 6.45) is 3.20. The molecule has 4 aromatic rings. The van der Waals surface area contributed by atoms with Gasteiger partial charge >= 0.3 is 6.47 Å². The fourth-order valence-electron chi connectivity index (χ4n) is 4.45. The van der Waals surface area contributed by atoms with Crippen LogP contribution in [0.1, 0.15) is 35.7 Å². The van der Waals surface area contributed by atoms with Crippen molar-refractivity contribution in [1.82, 2.24) is 15.0 Å². The largest absolute Gasteiger partial charge is 0.508 e. The first-order valence-electron chi connectivity index (χ1n) is 12.8. The van der Waals surface area contributed by atoms with Gasteiger partial charge in [-0.05, 0) is 53.4 Å². The molecule has 0 saturated heterocycles. The van der Waals surface area contributed by atoms with Crippen LogP contribution in [0.3, 0.4) is 0 Å². The van der Waals surface area contributed by atoms with Crippen molar-refractivity contribution in [1.29, 1.82) is 0 Å². The Hall–Kier alpha value is -4.96. The Kier molecular flexibility index (Phi) is 9.27. The first kappa shape index (κ1) is 28.1. The van der Waals surface area contributed by atoms with Crippen LogP contribution < -0.4 is 21.5 Å². The van der Waals surface area contributed by atoms with Gasteiger partial charge in [0.15, 0.2) is 5.84 Å². The van der Waals surface area contributed by atoms with E-state index in [2.05, 4.69) is 20.3 Å². The van der Waals surface area contributed by atoms with Crippen LogP contribution in [0.25, 0.3) is 16.8 Å². The number of nitrogens with zero attached hydrogens (tertiary/aromatic N) is 3. The van der Waals surface area contributed by atoms with Crippen LogP contribution in [0.5, 0.6) is 11.5 Å². The first-order valence-corrected chi connectivity index (χ1v) is 12.8. The average molecular weight is 542 g/mol. The fourth-order valence-corrected chi connectivity index (χ4v) is 4.45. The van der Waals surface area contributed by atoms with Gasteiger partial charge in [0.05, 0.1) is 11.4 Å². The highest BCUT2D eigenvalue weighted by Crippen LogP contribution is 2.30. The lowest BCUT2D eigenvalue weighted by molar-refractivity contribution is -0.132. The third-order valence-electron chi connectivity index (χ3n) is 6.38. The Bertz CT molecular complexity index is 1560. The normalized spacial score (nSPS) is 11.2. The number of carbonyl (C=O) groups is 1. The molecule has 0 bridgehead atoms. The van der Waals surface area contributed by atoms with Gasteiger partial charge in [-0.15, -0.1) is 0 Å². The zero-order chi connectivity index (χ0) is 28.5. The summed E-state index contributed by atoms with van der Waals surface area (Å²) >= 11 is 0. The Balaban J connectivity index is 1.70. The minimum atomic E-state index is -0.204. The van der Waals surface area contributed by atoms with Gasteiger partial charge in [0, 0.05) is 24.6 Å². The molecule has 10 heteroatoms. The van der Waals surface area contributed by atoms with E-state index in [0.29, 0.717) is 46.1 Å². The number of aromatic nitrogens is 2. The van der Waals surface area contributed by atoms with E-state index in [1.165, 1.54) is 10.9 Å². The molecule has 1 heterocycles. The number of carbonyl (C=O) groups excluding carboxylic acids is 1. The molecule has 4 N–H and O–H groups in total. The van der Waals surface area contributed by atoms with E-state index >= 15 is 0 Å². The molecule has 3 aromatic carbocycles. The highest BCUT2D eigenvalue weighted by atomic mass is 16.7. The van der Waals surface area contributed by atoms with Crippen LogP contribution in [-0.2, 0) is 22.5 Å². The maximum Gasteiger partial charge on any atom is 0.320 e. The highest BCUT2D eigenvalue weighted by molar-refractivity contribution is 6.04. The number of aliphatic imine (C=N–C) groups is 1. The van der Waals surface area contributed by atoms with Gasteiger partial charge in [-0.2, -0.15) is 0 Å². The lowest BCUT2D eigenvalue weighted by Gasteiger charge is -2.15. The van der Waals surface area contributed by atoms with Gasteiger partial charge in [0.25, 0.3) is 5.56 Å².